The lowest BCUT2D eigenvalue weighted by molar-refractivity contribution is -0.127. The zero-order valence-corrected chi connectivity index (χ0v) is 17.6. The molecule has 2 nitrogen and oxygen atoms in total. The number of benzene rings is 2. The smallest absolute Gasteiger partial charge is 0.261 e. The third kappa shape index (κ3) is 3.28. The summed E-state index contributed by atoms with van der Waals surface area (Å²) in [6, 6.07) is 21.0. The van der Waals surface area contributed by atoms with Gasteiger partial charge in [0.2, 0.25) is 5.24 Å². The van der Waals surface area contributed by atoms with Crippen molar-refractivity contribution in [2.24, 2.45) is 5.41 Å². The van der Waals surface area contributed by atoms with Crippen molar-refractivity contribution in [3.63, 3.8) is 0 Å². The van der Waals surface area contributed by atoms with E-state index >= 15 is 0 Å². The van der Waals surface area contributed by atoms with Crippen LogP contribution in [0.3, 0.4) is 0 Å². The molecule has 2 aromatic carbocycles. The summed E-state index contributed by atoms with van der Waals surface area (Å²) >= 11 is 5.97. The van der Waals surface area contributed by atoms with Crippen molar-refractivity contribution < 1.29 is 9.22 Å². The maximum Gasteiger partial charge on any atom is 0.261 e. The monoisotopic (exact) mass is 386 g/mol. The van der Waals surface area contributed by atoms with Crippen LogP contribution >= 0.6 is 11.6 Å². The van der Waals surface area contributed by atoms with E-state index in [4.69, 9.17) is 16.0 Å². The van der Waals surface area contributed by atoms with E-state index in [-0.39, 0.29) is 10.3 Å². The zero-order chi connectivity index (χ0) is 18.8. The van der Waals surface area contributed by atoms with Crippen LogP contribution in [0.4, 0.5) is 0 Å². The van der Waals surface area contributed by atoms with Gasteiger partial charge in [-0.05, 0) is 39.9 Å². The minimum absolute atomic E-state index is 0.0873. The number of halogens is 1. The molecule has 0 aliphatic heterocycles. The fraction of sp³-hybridized carbons (Fsp3) is 0.409. The van der Waals surface area contributed by atoms with Crippen LogP contribution in [0.15, 0.2) is 60.7 Å². The van der Waals surface area contributed by atoms with Gasteiger partial charge in [-0.25, -0.2) is 0 Å². The van der Waals surface area contributed by atoms with Crippen LogP contribution in [0.5, 0.6) is 0 Å². The Bertz CT molecular complexity index is 709. The quantitative estimate of drug-likeness (QED) is 0.539. The highest BCUT2D eigenvalue weighted by atomic mass is 35.5. The first-order chi connectivity index (χ1) is 12.3. The third-order valence-corrected chi connectivity index (χ3v) is 11.1. The maximum atomic E-state index is 12.1. The molecule has 0 spiro atoms. The molecule has 3 rings (SSSR count). The summed E-state index contributed by atoms with van der Waals surface area (Å²) in [7, 11) is -2.60. The minimum atomic E-state index is -2.60. The number of carbonyl (C=O) groups excluding carboxylic acids is 1. The molecule has 0 saturated heterocycles. The molecule has 1 saturated carbocycles. The molecule has 138 valence electrons. The molecule has 26 heavy (non-hydrogen) atoms. The van der Waals surface area contributed by atoms with Gasteiger partial charge >= 0.3 is 0 Å². The van der Waals surface area contributed by atoms with Crippen LogP contribution in [-0.2, 0) is 9.22 Å². The first-order valence-electron chi connectivity index (χ1n) is 9.27. The Hall–Kier alpha value is -1.42. The average molecular weight is 387 g/mol. The second-order valence-electron chi connectivity index (χ2n) is 8.36. The molecule has 4 heteroatoms. The highest BCUT2D eigenvalue weighted by Crippen LogP contribution is 2.45. The van der Waals surface area contributed by atoms with Crippen molar-refractivity contribution >= 4 is 35.5 Å². The van der Waals surface area contributed by atoms with Gasteiger partial charge in [-0.15, -0.1) is 0 Å². The van der Waals surface area contributed by atoms with Crippen LogP contribution in [0.2, 0.25) is 5.04 Å². The zero-order valence-electron chi connectivity index (χ0n) is 15.8. The van der Waals surface area contributed by atoms with Gasteiger partial charge in [0.15, 0.2) is 0 Å². The number of rotatable bonds is 6. The highest BCUT2D eigenvalue weighted by Gasteiger charge is 2.53. The summed E-state index contributed by atoms with van der Waals surface area (Å²) in [5.74, 6) is 0. The molecule has 1 fully saturated rings. The van der Waals surface area contributed by atoms with E-state index in [0.29, 0.717) is 6.61 Å². The van der Waals surface area contributed by atoms with Gasteiger partial charge in [-0.2, -0.15) is 0 Å². The molecular weight excluding hydrogens is 360 g/mol. The Kier molecular flexibility index (Phi) is 5.43. The second-order valence-corrected chi connectivity index (χ2v) is 13.0. The summed E-state index contributed by atoms with van der Waals surface area (Å²) < 4.78 is 6.87. The normalized spacial score (nSPS) is 16.8. The molecule has 1 aliphatic carbocycles. The number of carbonyl (C=O) groups is 1. The van der Waals surface area contributed by atoms with Crippen LogP contribution < -0.4 is 10.4 Å². The Labute approximate surface area is 162 Å². The van der Waals surface area contributed by atoms with Crippen molar-refractivity contribution in [2.75, 3.05) is 6.61 Å². The van der Waals surface area contributed by atoms with E-state index in [0.717, 1.165) is 19.3 Å². The third-order valence-electron chi connectivity index (χ3n) is 5.71. The van der Waals surface area contributed by atoms with Gasteiger partial charge < -0.3 is 4.43 Å². The van der Waals surface area contributed by atoms with Gasteiger partial charge in [0.05, 0.1) is 5.41 Å². The number of hydrogen-bond acceptors (Lipinski definition) is 2. The van der Waals surface area contributed by atoms with Gasteiger partial charge in [0.1, 0.15) is 0 Å². The van der Waals surface area contributed by atoms with Gasteiger partial charge in [-0.1, -0.05) is 87.9 Å². The molecule has 2 aromatic rings. The highest BCUT2D eigenvalue weighted by molar-refractivity contribution is 6.99. The van der Waals surface area contributed by atoms with E-state index in [9.17, 15) is 4.79 Å². The van der Waals surface area contributed by atoms with Gasteiger partial charge in [0, 0.05) is 6.61 Å². The molecule has 0 heterocycles. The fourth-order valence-corrected chi connectivity index (χ4v) is 8.90. The molecule has 0 amide bonds. The molecular formula is C22H27ClO2Si. The van der Waals surface area contributed by atoms with Crippen molar-refractivity contribution in [3.05, 3.63) is 60.7 Å². The summed E-state index contributed by atoms with van der Waals surface area (Å²) in [6.45, 7) is 7.14. The molecule has 0 unspecified atom stereocenters. The first-order valence-corrected chi connectivity index (χ1v) is 11.6. The van der Waals surface area contributed by atoms with Crippen LogP contribution in [0.1, 0.15) is 40.0 Å². The lowest BCUT2D eigenvalue weighted by Crippen LogP contribution is -2.67. The van der Waals surface area contributed by atoms with E-state index in [2.05, 4.69) is 69.3 Å². The second kappa shape index (κ2) is 7.30. The molecule has 1 aliphatic rings. The maximum absolute atomic E-state index is 12.1. The van der Waals surface area contributed by atoms with Crippen LogP contribution in [0.25, 0.3) is 0 Å². The van der Waals surface area contributed by atoms with E-state index < -0.39 is 13.7 Å². The Balaban J connectivity index is 2.10. The van der Waals surface area contributed by atoms with E-state index in [1.165, 1.54) is 10.4 Å². The van der Waals surface area contributed by atoms with Crippen molar-refractivity contribution in [3.8, 4) is 0 Å². The molecule has 0 radical (unpaired) electrons. The predicted molar refractivity (Wildman–Crippen MR) is 111 cm³/mol. The standard InChI is InChI=1S/C22H27ClO2Si/c1-21(2,3)26(18-11-6-4-7-12-18,19-13-8-5-9-14-19)25-17-22(20(23)24)15-10-16-22/h4-9,11-14H,10,15-17H2,1-3H3. The van der Waals surface area contributed by atoms with Crippen molar-refractivity contribution in [1.82, 2.24) is 0 Å². The SMILES string of the molecule is CC(C)(C)[Si](OCC1(C(=O)Cl)CCC1)(c1ccccc1)c1ccccc1. The molecule has 0 bridgehead atoms. The summed E-state index contributed by atoms with van der Waals surface area (Å²) in [5, 5.41) is 2.13. The summed E-state index contributed by atoms with van der Waals surface area (Å²) in [6.07, 6.45) is 2.70. The Morgan fingerprint density at radius 3 is 1.77 bits per heavy atom. The van der Waals surface area contributed by atoms with Crippen LogP contribution in [0, 0.1) is 5.41 Å². The number of hydrogen-bond donors (Lipinski definition) is 0. The molecule has 0 N–H and O–H groups in total. The lowest BCUT2D eigenvalue weighted by atomic mass is 9.70. The van der Waals surface area contributed by atoms with E-state index in [1.807, 2.05) is 12.1 Å². The molecule has 0 atom stereocenters. The Morgan fingerprint density at radius 1 is 1.00 bits per heavy atom. The minimum Gasteiger partial charge on any atom is -0.406 e. The van der Waals surface area contributed by atoms with Gasteiger partial charge in [0.25, 0.3) is 8.32 Å². The topological polar surface area (TPSA) is 26.3 Å². The Morgan fingerprint density at radius 2 is 1.46 bits per heavy atom. The average Bonchev–Trinajstić information content (AvgIpc) is 2.57. The largest absolute Gasteiger partial charge is 0.406 e. The van der Waals surface area contributed by atoms with E-state index in [1.54, 1.807) is 0 Å². The first kappa shape index (κ1) is 19.3. The fourth-order valence-electron chi connectivity index (χ4n) is 4.01. The summed E-state index contributed by atoms with van der Waals surface area (Å²) in [5.41, 5.74) is -0.505. The summed E-state index contributed by atoms with van der Waals surface area (Å²) in [4.78, 5) is 12.1. The van der Waals surface area contributed by atoms with Crippen molar-refractivity contribution in [2.45, 2.75) is 45.1 Å². The lowest BCUT2D eigenvalue weighted by Gasteiger charge is -2.47. The van der Waals surface area contributed by atoms with Crippen LogP contribution in [-0.4, -0.2) is 20.2 Å². The molecule has 0 aromatic heterocycles. The predicted octanol–water partition coefficient (Wildman–Crippen LogP) is 4.50. The van der Waals surface area contributed by atoms with Crippen molar-refractivity contribution in [1.29, 1.82) is 0 Å². The van der Waals surface area contributed by atoms with Gasteiger partial charge in [-0.3, -0.25) is 4.79 Å².